The number of nitrogens with zero attached hydrogens (tertiary/aromatic N) is 2. The fraction of sp³-hybridized carbons (Fsp3) is 0.273. The molecule has 1 unspecified atom stereocenters. The van der Waals surface area contributed by atoms with E-state index in [1.807, 2.05) is 0 Å². The molecule has 0 saturated carbocycles. The average Bonchev–Trinajstić information content (AvgIpc) is 2.72. The van der Waals surface area contributed by atoms with Gasteiger partial charge in [-0.3, -0.25) is 0 Å². The first kappa shape index (κ1) is 13.9. The Hall–Kier alpha value is -1.54. The molecule has 0 aliphatic carbocycles. The smallest absolute Gasteiger partial charge is 0.383 e. The van der Waals surface area contributed by atoms with Crippen molar-refractivity contribution in [3.05, 3.63) is 45.7 Å². The molecule has 2 rings (SSSR count). The monoisotopic (exact) mass is 292 g/mol. The van der Waals surface area contributed by atoms with Crippen molar-refractivity contribution in [2.24, 2.45) is 0 Å². The Morgan fingerprint density at radius 2 is 2.00 bits per heavy atom. The van der Waals surface area contributed by atoms with Crippen LogP contribution in [0.2, 0.25) is 0 Å². The molecule has 0 aliphatic heterocycles. The van der Waals surface area contributed by atoms with Gasteiger partial charge in [-0.25, -0.2) is 4.39 Å². The number of halogens is 4. The molecule has 2 aromatic rings. The average molecular weight is 292 g/mol. The maximum Gasteiger partial charge on any atom is 0.419 e. The quantitative estimate of drug-likeness (QED) is 0.865. The second kappa shape index (κ2) is 4.86. The van der Waals surface area contributed by atoms with Crippen LogP contribution in [0, 0.1) is 12.7 Å². The lowest BCUT2D eigenvalue weighted by molar-refractivity contribution is -0.140. The van der Waals surface area contributed by atoms with Gasteiger partial charge in [0.25, 0.3) is 0 Å². The number of aromatic nitrogens is 2. The van der Waals surface area contributed by atoms with Crippen molar-refractivity contribution in [2.75, 3.05) is 0 Å². The lowest BCUT2D eigenvalue weighted by atomic mass is 10.0. The van der Waals surface area contributed by atoms with Crippen molar-refractivity contribution < 1.29 is 22.7 Å². The van der Waals surface area contributed by atoms with E-state index in [-0.39, 0.29) is 5.56 Å². The van der Waals surface area contributed by atoms with Crippen LogP contribution in [0.5, 0.6) is 0 Å². The van der Waals surface area contributed by atoms with Crippen molar-refractivity contribution in [3.63, 3.8) is 0 Å². The van der Waals surface area contributed by atoms with Gasteiger partial charge >= 0.3 is 6.18 Å². The van der Waals surface area contributed by atoms with Gasteiger partial charge in [0.2, 0.25) is 0 Å². The molecule has 0 radical (unpaired) electrons. The summed E-state index contributed by atoms with van der Waals surface area (Å²) in [4.78, 5) is 0.374. The summed E-state index contributed by atoms with van der Waals surface area (Å²) in [5, 5.41) is 13.6. The molecular formula is C11H8F4N2OS. The minimum atomic E-state index is -4.75. The molecule has 0 amide bonds. The van der Waals surface area contributed by atoms with Crippen molar-refractivity contribution in [1.29, 1.82) is 0 Å². The number of aliphatic hydroxyl groups is 1. The predicted octanol–water partition coefficient (Wildman–Crippen LogP) is 3.09. The summed E-state index contributed by atoms with van der Waals surface area (Å²) in [5.74, 6) is -1.42. The third kappa shape index (κ3) is 2.74. The van der Waals surface area contributed by atoms with Crippen LogP contribution in [0.1, 0.15) is 27.8 Å². The van der Waals surface area contributed by atoms with E-state index in [9.17, 15) is 22.7 Å². The van der Waals surface area contributed by atoms with Crippen LogP contribution < -0.4 is 0 Å². The largest absolute Gasteiger partial charge is 0.419 e. The highest BCUT2D eigenvalue weighted by molar-refractivity contribution is 7.05. The van der Waals surface area contributed by atoms with Crippen LogP contribution >= 0.6 is 11.5 Å². The molecule has 1 aromatic carbocycles. The topological polar surface area (TPSA) is 46.0 Å². The third-order valence-corrected chi connectivity index (χ3v) is 3.43. The zero-order valence-corrected chi connectivity index (χ0v) is 10.4. The van der Waals surface area contributed by atoms with Gasteiger partial charge in [-0.05, 0) is 36.2 Å². The second-order valence-electron chi connectivity index (χ2n) is 3.86. The standard InChI is InChI=1S/C11H8F4N2OS/c1-5-10(19-17-16-5)9(18)6-2-3-7(8(12)4-6)11(13,14)15/h2-4,9,18H,1H3. The second-order valence-corrected chi connectivity index (χ2v) is 4.65. The predicted molar refractivity (Wildman–Crippen MR) is 60.1 cm³/mol. The van der Waals surface area contributed by atoms with E-state index < -0.39 is 23.7 Å². The fourth-order valence-electron chi connectivity index (χ4n) is 1.57. The highest BCUT2D eigenvalue weighted by Gasteiger charge is 2.34. The van der Waals surface area contributed by atoms with E-state index in [0.29, 0.717) is 22.7 Å². The summed E-state index contributed by atoms with van der Waals surface area (Å²) >= 11 is 0.912. The van der Waals surface area contributed by atoms with Crippen molar-refractivity contribution in [1.82, 2.24) is 9.59 Å². The number of aryl methyl sites for hydroxylation is 1. The number of hydrogen-bond donors (Lipinski definition) is 1. The molecule has 19 heavy (non-hydrogen) atoms. The molecule has 8 heteroatoms. The zero-order chi connectivity index (χ0) is 14.2. The van der Waals surface area contributed by atoms with Crippen LogP contribution in [0.25, 0.3) is 0 Å². The van der Waals surface area contributed by atoms with Gasteiger partial charge in [-0.1, -0.05) is 10.6 Å². The molecule has 0 spiro atoms. The van der Waals surface area contributed by atoms with E-state index in [1.165, 1.54) is 0 Å². The van der Waals surface area contributed by atoms with Gasteiger partial charge in [0.05, 0.1) is 16.1 Å². The number of rotatable bonds is 2. The maximum absolute atomic E-state index is 13.4. The van der Waals surface area contributed by atoms with Gasteiger partial charge in [-0.15, -0.1) is 5.10 Å². The van der Waals surface area contributed by atoms with E-state index in [1.54, 1.807) is 6.92 Å². The van der Waals surface area contributed by atoms with Crippen molar-refractivity contribution >= 4 is 11.5 Å². The molecular weight excluding hydrogens is 284 g/mol. The van der Waals surface area contributed by atoms with Gasteiger partial charge < -0.3 is 5.11 Å². The first-order valence-electron chi connectivity index (χ1n) is 5.14. The molecule has 0 aliphatic rings. The number of benzene rings is 1. The summed E-state index contributed by atoms with van der Waals surface area (Å²) in [5.41, 5.74) is -0.875. The van der Waals surface area contributed by atoms with Crippen LogP contribution in [0.4, 0.5) is 17.6 Å². The van der Waals surface area contributed by atoms with Crippen molar-refractivity contribution in [3.8, 4) is 0 Å². The Morgan fingerprint density at radius 3 is 2.47 bits per heavy atom. The lowest BCUT2D eigenvalue weighted by Gasteiger charge is -2.12. The Morgan fingerprint density at radius 1 is 1.32 bits per heavy atom. The van der Waals surface area contributed by atoms with Crippen LogP contribution in [-0.4, -0.2) is 14.7 Å². The first-order valence-corrected chi connectivity index (χ1v) is 5.91. The summed E-state index contributed by atoms with van der Waals surface area (Å²) in [7, 11) is 0. The number of hydrogen-bond acceptors (Lipinski definition) is 4. The summed E-state index contributed by atoms with van der Waals surface area (Å²) in [6.45, 7) is 1.60. The third-order valence-electron chi connectivity index (χ3n) is 2.55. The summed E-state index contributed by atoms with van der Waals surface area (Å²) in [6, 6.07) is 2.32. The van der Waals surface area contributed by atoms with E-state index >= 15 is 0 Å². The molecule has 102 valence electrons. The molecule has 0 fully saturated rings. The molecule has 1 aromatic heterocycles. The minimum absolute atomic E-state index is 0.0275. The highest BCUT2D eigenvalue weighted by atomic mass is 32.1. The Labute approximate surface area is 109 Å². The fourth-order valence-corrected chi connectivity index (χ4v) is 2.23. The zero-order valence-electron chi connectivity index (χ0n) is 9.57. The Kier molecular flexibility index (Phi) is 3.55. The van der Waals surface area contributed by atoms with Gasteiger partial charge in [0.15, 0.2) is 0 Å². The highest BCUT2D eigenvalue weighted by Crippen LogP contribution is 2.34. The molecule has 1 atom stereocenters. The van der Waals surface area contributed by atoms with Gasteiger partial charge in [0, 0.05) is 0 Å². The van der Waals surface area contributed by atoms with E-state index in [0.717, 1.165) is 17.6 Å². The first-order chi connectivity index (χ1) is 8.80. The van der Waals surface area contributed by atoms with Gasteiger partial charge in [0.1, 0.15) is 11.9 Å². The minimum Gasteiger partial charge on any atom is -0.383 e. The number of alkyl halides is 3. The summed E-state index contributed by atoms with van der Waals surface area (Å²) in [6.07, 6.45) is -5.99. The molecule has 0 bridgehead atoms. The summed E-state index contributed by atoms with van der Waals surface area (Å²) < 4.78 is 54.2. The molecule has 3 nitrogen and oxygen atoms in total. The number of aliphatic hydroxyl groups excluding tert-OH is 1. The van der Waals surface area contributed by atoms with E-state index in [4.69, 9.17) is 0 Å². The van der Waals surface area contributed by atoms with Crippen LogP contribution in [0.3, 0.4) is 0 Å². The molecule has 1 heterocycles. The Bertz CT molecular complexity index is 597. The normalized spacial score (nSPS) is 13.6. The van der Waals surface area contributed by atoms with Crippen LogP contribution in [0.15, 0.2) is 18.2 Å². The van der Waals surface area contributed by atoms with Crippen LogP contribution in [-0.2, 0) is 6.18 Å². The van der Waals surface area contributed by atoms with Crippen molar-refractivity contribution in [2.45, 2.75) is 19.2 Å². The van der Waals surface area contributed by atoms with E-state index in [2.05, 4.69) is 9.59 Å². The Balaban J connectivity index is 2.38. The molecule has 0 saturated heterocycles. The maximum atomic E-state index is 13.4. The SMILES string of the molecule is Cc1nnsc1C(O)c1ccc(C(F)(F)F)c(F)c1. The van der Waals surface area contributed by atoms with Gasteiger partial charge in [-0.2, -0.15) is 13.2 Å². The molecule has 1 N–H and O–H groups in total. The lowest BCUT2D eigenvalue weighted by Crippen LogP contribution is -2.09.